The maximum Gasteiger partial charge on any atom is 0.0685 e. The molecule has 0 aromatic heterocycles. The third-order valence-electron chi connectivity index (χ3n) is 5.03. The van der Waals surface area contributed by atoms with Crippen molar-refractivity contribution in [3.8, 4) is 0 Å². The van der Waals surface area contributed by atoms with Gasteiger partial charge in [-0.15, -0.1) is 11.6 Å². The zero-order valence-corrected chi connectivity index (χ0v) is 12.6. The van der Waals surface area contributed by atoms with E-state index in [2.05, 4.69) is 0 Å². The van der Waals surface area contributed by atoms with Crippen molar-refractivity contribution >= 4 is 11.6 Å². The normalized spacial score (nSPS) is 38.5. The molecule has 4 atom stereocenters. The number of benzene rings is 1. The van der Waals surface area contributed by atoms with E-state index in [0.717, 1.165) is 24.8 Å². The summed E-state index contributed by atoms with van der Waals surface area (Å²) in [5, 5.41) is 11.0. The monoisotopic (exact) mass is 293 g/mol. The molecule has 0 heterocycles. The molecule has 3 rings (SSSR count). The highest BCUT2D eigenvalue weighted by molar-refractivity contribution is 6.24. The molecule has 0 saturated heterocycles. The molecule has 2 aliphatic rings. The first-order chi connectivity index (χ1) is 9.48. The van der Waals surface area contributed by atoms with Crippen molar-refractivity contribution in [1.82, 2.24) is 0 Å². The van der Waals surface area contributed by atoms with E-state index in [1.165, 1.54) is 12.8 Å². The fraction of sp³-hybridized carbons (Fsp3) is 0.647. The quantitative estimate of drug-likeness (QED) is 0.833. The molecule has 0 aliphatic heterocycles. The molecule has 0 radical (unpaired) electrons. The van der Waals surface area contributed by atoms with Crippen molar-refractivity contribution in [2.24, 2.45) is 11.7 Å². The smallest absolute Gasteiger partial charge is 0.0685 e. The topological polar surface area (TPSA) is 46.2 Å². The van der Waals surface area contributed by atoms with E-state index in [4.69, 9.17) is 17.3 Å². The standard InChI is InChI=1S/C17H24ClNO/c18-16-8-4-5-13(9-16)10-17(20,12-16)11-15(19)14-6-2-1-3-7-14/h1-3,6-7,13,15,20H,4-5,8-12,19H2/t13?,15-,16-,17-/m1/s1. The number of aliphatic hydroxyl groups is 1. The molecule has 2 aliphatic carbocycles. The van der Waals surface area contributed by atoms with Gasteiger partial charge >= 0.3 is 0 Å². The molecule has 20 heavy (non-hydrogen) atoms. The second-order valence-electron chi connectivity index (χ2n) is 6.94. The molecule has 2 fully saturated rings. The van der Waals surface area contributed by atoms with E-state index in [1.54, 1.807) is 0 Å². The molecule has 110 valence electrons. The molecule has 1 aromatic carbocycles. The lowest BCUT2D eigenvalue weighted by Gasteiger charge is -2.49. The van der Waals surface area contributed by atoms with Crippen LogP contribution < -0.4 is 5.73 Å². The minimum absolute atomic E-state index is 0.111. The molecule has 0 spiro atoms. The van der Waals surface area contributed by atoms with Gasteiger partial charge in [0.05, 0.1) is 5.60 Å². The second kappa shape index (κ2) is 5.32. The molecule has 2 saturated carbocycles. The summed E-state index contributed by atoms with van der Waals surface area (Å²) in [7, 11) is 0. The Morgan fingerprint density at radius 3 is 2.75 bits per heavy atom. The Labute approximate surface area is 126 Å². The van der Waals surface area contributed by atoms with Crippen LogP contribution in [0.15, 0.2) is 30.3 Å². The molecule has 3 N–H and O–H groups in total. The summed E-state index contributed by atoms with van der Waals surface area (Å²) < 4.78 is 0. The second-order valence-corrected chi connectivity index (χ2v) is 7.74. The Kier molecular flexibility index (Phi) is 3.83. The lowest BCUT2D eigenvalue weighted by atomic mass is 9.64. The van der Waals surface area contributed by atoms with Gasteiger partial charge in [0, 0.05) is 10.9 Å². The van der Waals surface area contributed by atoms with Crippen molar-refractivity contribution in [3.63, 3.8) is 0 Å². The van der Waals surface area contributed by atoms with Gasteiger partial charge in [-0.05, 0) is 43.6 Å². The Balaban J connectivity index is 1.73. The van der Waals surface area contributed by atoms with E-state index in [-0.39, 0.29) is 10.9 Å². The lowest BCUT2D eigenvalue weighted by molar-refractivity contribution is -0.0539. The highest BCUT2D eigenvalue weighted by Crippen LogP contribution is 2.52. The summed E-state index contributed by atoms with van der Waals surface area (Å²) in [6.07, 6.45) is 6.68. The predicted octanol–water partition coefficient (Wildman–Crippen LogP) is 3.77. The zero-order chi connectivity index (χ0) is 14.2. The number of alkyl halides is 1. The minimum Gasteiger partial charge on any atom is -0.390 e. The first kappa shape index (κ1) is 14.4. The van der Waals surface area contributed by atoms with Crippen molar-refractivity contribution in [1.29, 1.82) is 0 Å². The summed E-state index contributed by atoms with van der Waals surface area (Å²) in [4.78, 5) is -0.188. The average molecular weight is 294 g/mol. The fourth-order valence-electron chi connectivity index (χ4n) is 4.35. The van der Waals surface area contributed by atoms with Gasteiger partial charge in [-0.25, -0.2) is 0 Å². The van der Waals surface area contributed by atoms with Gasteiger partial charge in [-0.1, -0.05) is 43.2 Å². The Bertz CT molecular complexity index is 465. The Morgan fingerprint density at radius 2 is 2.05 bits per heavy atom. The first-order valence-electron chi connectivity index (χ1n) is 7.70. The summed E-state index contributed by atoms with van der Waals surface area (Å²) in [6.45, 7) is 0. The maximum atomic E-state index is 11.0. The molecule has 3 heteroatoms. The highest BCUT2D eigenvalue weighted by atomic mass is 35.5. The van der Waals surface area contributed by atoms with Gasteiger partial charge in [0.2, 0.25) is 0 Å². The molecular formula is C17H24ClNO. The molecule has 1 unspecified atom stereocenters. The number of rotatable bonds is 3. The number of halogens is 1. The van der Waals surface area contributed by atoms with Crippen LogP contribution >= 0.6 is 11.6 Å². The van der Waals surface area contributed by atoms with E-state index < -0.39 is 5.60 Å². The van der Waals surface area contributed by atoms with Gasteiger partial charge in [-0.3, -0.25) is 0 Å². The van der Waals surface area contributed by atoms with Crippen molar-refractivity contribution in [2.45, 2.75) is 61.5 Å². The Hall–Kier alpha value is -0.570. The van der Waals surface area contributed by atoms with Gasteiger partial charge in [-0.2, -0.15) is 0 Å². The van der Waals surface area contributed by atoms with Crippen LogP contribution in [0.25, 0.3) is 0 Å². The SMILES string of the molecule is N[C@H](C[C@]1(O)CC2CCC[C@@](Cl)(C2)C1)c1ccccc1. The van der Waals surface area contributed by atoms with E-state index >= 15 is 0 Å². The van der Waals surface area contributed by atoms with Crippen LogP contribution in [0.5, 0.6) is 0 Å². The van der Waals surface area contributed by atoms with Crippen molar-refractivity contribution in [3.05, 3.63) is 35.9 Å². The third kappa shape index (κ3) is 3.03. The van der Waals surface area contributed by atoms with E-state index in [0.29, 0.717) is 18.8 Å². The summed E-state index contributed by atoms with van der Waals surface area (Å²) in [5.41, 5.74) is 6.70. The van der Waals surface area contributed by atoms with Crippen LogP contribution in [-0.4, -0.2) is 15.6 Å². The molecule has 2 nitrogen and oxygen atoms in total. The number of fused-ring (bicyclic) bond motifs is 2. The summed E-state index contributed by atoms with van der Waals surface area (Å²) in [6, 6.07) is 9.95. The molecular weight excluding hydrogens is 270 g/mol. The van der Waals surface area contributed by atoms with Gasteiger partial charge in [0.15, 0.2) is 0 Å². The van der Waals surface area contributed by atoms with Gasteiger partial charge in [0.1, 0.15) is 0 Å². The van der Waals surface area contributed by atoms with Crippen LogP contribution in [0.3, 0.4) is 0 Å². The number of nitrogens with two attached hydrogens (primary N) is 1. The average Bonchev–Trinajstić information content (AvgIpc) is 2.37. The van der Waals surface area contributed by atoms with Gasteiger partial charge in [0.25, 0.3) is 0 Å². The third-order valence-corrected chi connectivity index (χ3v) is 5.51. The van der Waals surface area contributed by atoms with Crippen LogP contribution in [0.4, 0.5) is 0 Å². The van der Waals surface area contributed by atoms with Crippen LogP contribution in [0.2, 0.25) is 0 Å². The predicted molar refractivity (Wildman–Crippen MR) is 82.7 cm³/mol. The first-order valence-corrected chi connectivity index (χ1v) is 8.08. The van der Waals surface area contributed by atoms with Crippen LogP contribution in [-0.2, 0) is 0 Å². The van der Waals surface area contributed by atoms with Crippen LogP contribution in [0.1, 0.15) is 56.6 Å². The fourth-order valence-corrected chi connectivity index (χ4v) is 4.95. The maximum absolute atomic E-state index is 11.0. The number of hydrogen-bond acceptors (Lipinski definition) is 2. The molecule has 0 amide bonds. The van der Waals surface area contributed by atoms with E-state index in [1.807, 2.05) is 30.3 Å². The highest BCUT2D eigenvalue weighted by Gasteiger charge is 2.48. The van der Waals surface area contributed by atoms with Crippen molar-refractivity contribution < 1.29 is 5.11 Å². The zero-order valence-electron chi connectivity index (χ0n) is 11.9. The largest absolute Gasteiger partial charge is 0.390 e. The molecule has 2 bridgehead atoms. The van der Waals surface area contributed by atoms with E-state index in [9.17, 15) is 5.11 Å². The number of hydrogen-bond donors (Lipinski definition) is 2. The van der Waals surface area contributed by atoms with Crippen molar-refractivity contribution in [2.75, 3.05) is 0 Å². The minimum atomic E-state index is -0.694. The lowest BCUT2D eigenvalue weighted by Crippen LogP contribution is -2.49. The molecule has 1 aromatic rings. The summed E-state index contributed by atoms with van der Waals surface area (Å²) in [5.74, 6) is 0.572. The Morgan fingerprint density at radius 1 is 1.30 bits per heavy atom. The summed E-state index contributed by atoms with van der Waals surface area (Å²) >= 11 is 6.72. The van der Waals surface area contributed by atoms with Gasteiger partial charge < -0.3 is 10.8 Å². The van der Waals surface area contributed by atoms with Crippen LogP contribution in [0, 0.1) is 5.92 Å².